The average molecular weight is 267 g/mol. The number of carbonyl (C=O) groups excluding carboxylic acids is 1. The van der Waals surface area contributed by atoms with Crippen LogP contribution in [0.1, 0.15) is 6.42 Å². The number of carbonyl (C=O) groups is 1. The van der Waals surface area contributed by atoms with Gasteiger partial charge in [-0.05, 0) is 12.5 Å². The summed E-state index contributed by atoms with van der Waals surface area (Å²) < 4.78 is 5.04. The summed E-state index contributed by atoms with van der Waals surface area (Å²) in [6.45, 7) is 0.396. The molecule has 2 rings (SSSR count). The predicted octanol–water partition coefficient (Wildman–Crippen LogP) is 0.357. The molecule has 8 nitrogen and oxygen atoms in total. The molecule has 4 N–H and O–H groups in total. The molecule has 19 heavy (non-hydrogen) atoms. The minimum atomic E-state index is -1.23. The van der Waals surface area contributed by atoms with Gasteiger partial charge in [-0.1, -0.05) is 6.07 Å². The van der Waals surface area contributed by atoms with Gasteiger partial charge in [0.1, 0.15) is 11.3 Å². The molecule has 1 amide bonds. The second kappa shape index (κ2) is 4.82. The molecule has 0 aliphatic carbocycles. The molecule has 1 heterocycles. The minimum absolute atomic E-state index is 0.0419. The number of nitro groups is 1. The summed E-state index contributed by atoms with van der Waals surface area (Å²) in [7, 11) is 0. The number of hydrogen-bond acceptors (Lipinski definition) is 6. The molecule has 0 radical (unpaired) electrons. The van der Waals surface area contributed by atoms with Crippen molar-refractivity contribution in [1.82, 2.24) is 0 Å². The van der Waals surface area contributed by atoms with E-state index in [-0.39, 0.29) is 18.0 Å². The number of hydrogen-bond donors (Lipinski definition) is 3. The van der Waals surface area contributed by atoms with Gasteiger partial charge in [0.25, 0.3) is 5.69 Å². The van der Waals surface area contributed by atoms with E-state index in [1.165, 1.54) is 18.2 Å². The Bertz CT molecular complexity index is 525. The predicted molar refractivity (Wildman–Crippen MR) is 65.7 cm³/mol. The lowest BCUT2D eigenvalue weighted by Gasteiger charge is -2.20. The molecule has 1 fully saturated rings. The molecule has 1 aliphatic heterocycles. The molecule has 1 aromatic rings. The molecule has 1 aliphatic rings. The maximum atomic E-state index is 12.0. The third-order valence-corrected chi connectivity index (χ3v) is 2.96. The summed E-state index contributed by atoms with van der Waals surface area (Å²) in [4.78, 5) is 22.2. The van der Waals surface area contributed by atoms with Crippen molar-refractivity contribution in [2.24, 2.45) is 5.73 Å². The van der Waals surface area contributed by atoms with Crippen LogP contribution in [0.15, 0.2) is 18.2 Å². The molecule has 0 saturated carbocycles. The molecule has 102 valence electrons. The third-order valence-electron chi connectivity index (χ3n) is 2.96. The van der Waals surface area contributed by atoms with Gasteiger partial charge in [0.2, 0.25) is 5.91 Å². The summed E-state index contributed by atoms with van der Waals surface area (Å²) >= 11 is 0. The van der Waals surface area contributed by atoms with Gasteiger partial charge in [-0.2, -0.15) is 0 Å². The van der Waals surface area contributed by atoms with E-state index in [1.807, 2.05) is 0 Å². The van der Waals surface area contributed by atoms with E-state index in [1.54, 1.807) is 0 Å². The van der Waals surface area contributed by atoms with E-state index in [0.717, 1.165) is 0 Å². The molecular formula is C11H13N3O5. The highest BCUT2D eigenvalue weighted by Crippen LogP contribution is 2.34. The van der Waals surface area contributed by atoms with Crippen LogP contribution in [-0.2, 0) is 9.53 Å². The van der Waals surface area contributed by atoms with E-state index < -0.39 is 22.1 Å². The zero-order valence-electron chi connectivity index (χ0n) is 9.96. The van der Waals surface area contributed by atoms with Crippen molar-refractivity contribution in [3.05, 3.63) is 28.3 Å². The number of phenols is 1. The maximum Gasteiger partial charge on any atom is 0.296 e. The Morgan fingerprint density at radius 2 is 2.32 bits per heavy atom. The van der Waals surface area contributed by atoms with Gasteiger partial charge in [0.05, 0.1) is 11.5 Å². The number of nitrogens with zero attached hydrogens (tertiary/aromatic N) is 1. The Kier molecular flexibility index (Phi) is 3.36. The number of rotatable bonds is 3. The SMILES string of the molecule is NC1(C(=O)Nc2c(O)cccc2[N+](=O)[O-])CCOC1. The second-order valence-electron chi connectivity index (χ2n) is 4.34. The van der Waals surface area contributed by atoms with E-state index in [4.69, 9.17) is 10.5 Å². The summed E-state index contributed by atoms with van der Waals surface area (Å²) in [6.07, 6.45) is 0.320. The fraction of sp³-hybridized carbons (Fsp3) is 0.364. The number of benzene rings is 1. The lowest BCUT2D eigenvalue weighted by atomic mass is 9.99. The molecule has 1 saturated heterocycles. The monoisotopic (exact) mass is 267 g/mol. The standard InChI is InChI=1S/C11H13N3O5/c12-11(4-5-19-6-11)10(16)13-9-7(14(17)18)2-1-3-8(9)15/h1-3,15H,4-6,12H2,(H,13,16). The van der Waals surface area contributed by atoms with Crippen LogP contribution in [0.3, 0.4) is 0 Å². The number of nitrogens with one attached hydrogen (secondary N) is 1. The average Bonchev–Trinajstić information content (AvgIpc) is 2.79. The summed E-state index contributed by atoms with van der Waals surface area (Å²) in [6, 6.07) is 3.75. The normalized spacial score (nSPS) is 22.2. The van der Waals surface area contributed by atoms with Crippen LogP contribution in [0.2, 0.25) is 0 Å². The molecule has 0 aromatic heterocycles. The summed E-state index contributed by atoms with van der Waals surface area (Å²) in [5.41, 5.74) is 3.96. The van der Waals surface area contributed by atoms with E-state index >= 15 is 0 Å². The van der Waals surface area contributed by atoms with Crippen molar-refractivity contribution in [2.75, 3.05) is 18.5 Å². The molecule has 0 bridgehead atoms. The second-order valence-corrected chi connectivity index (χ2v) is 4.34. The number of amides is 1. The van der Waals surface area contributed by atoms with Gasteiger partial charge >= 0.3 is 0 Å². The van der Waals surface area contributed by atoms with Crippen molar-refractivity contribution in [2.45, 2.75) is 12.0 Å². The molecule has 1 unspecified atom stereocenters. The number of para-hydroxylation sites is 1. The van der Waals surface area contributed by atoms with Crippen molar-refractivity contribution in [3.63, 3.8) is 0 Å². The first-order valence-electron chi connectivity index (χ1n) is 5.58. The molecule has 1 atom stereocenters. The first-order chi connectivity index (χ1) is 8.94. The van der Waals surface area contributed by atoms with Gasteiger partial charge in [0, 0.05) is 12.7 Å². The Morgan fingerprint density at radius 3 is 2.89 bits per heavy atom. The molecule has 0 spiro atoms. The molecule has 8 heteroatoms. The Labute approximate surface area is 108 Å². The topological polar surface area (TPSA) is 128 Å². The van der Waals surface area contributed by atoms with Crippen molar-refractivity contribution in [3.8, 4) is 5.75 Å². The first kappa shape index (κ1) is 13.2. The van der Waals surface area contributed by atoms with Gasteiger partial charge in [0.15, 0.2) is 5.69 Å². The van der Waals surface area contributed by atoms with E-state index in [0.29, 0.717) is 13.0 Å². The lowest BCUT2D eigenvalue weighted by Crippen LogP contribution is -2.51. The number of anilines is 1. The molecule has 1 aromatic carbocycles. The number of ether oxygens (including phenoxy) is 1. The van der Waals surface area contributed by atoms with Crippen molar-refractivity contribution >= 4 is 17.3 Å². The minimum Gasteiger partial charge on any atom is -0.505 e. The van der Waals surface area contributed by atoms with Crippen LogP contribution in [0.5, 0.6) is 5.75 Å². The van der Waals surface area contributed by atoms with Crippen LogP contribution in [0.4, 0.5) is 11.4 Å². The van der Waals surface area contributed by atoms with E-state index in [9.17, 15) is 20.0 Å². The van der Waals surface area contributed by atoms with Crippen LogP contribution in [-0.4, -0.2) is 34.7 Å². The largest absolute Gasteiger partial charge is 0.505 e. The smallest absolute Gasteiger partial charge is 0.296 e. The maximum absolute atomic E-state index is 12.0. The van der Waals surface area contributed by atoms with Crippen LogP contribution >= 0.6 is 0 Å². The van der Waals surface area contributed by atoms with Crippen LogP contribution in [0, 0.1) is 10.1 Å². The zero-order valence-corrected chi connectivity index (χ0v) is 9.96. The Balaban J connectivity index is 2.28. The van der Waals surface area contributed by atoms with Crippen molar-refractivity contribution in [1.29, 1.82) is 0 Å². The van der Waals surface area contributed by atoms with Crippen molar-refractivity contribution < 1.29 is 19.6 Å². The first-order valence-corrected chi connectivity index (χ1v) is 5.58. The van der Waals surface area contributed by atoms with Gasteiger partial charge < -0.3 is 20.9 Å². The van der Waals surface area contributed by atoms with Gasteiger partial charge in [-0.15, -0.1) is 0 Å². The van der Waals surface area contributed by atoms with Crippen LogP contribution in [0.25, 0.3) is 0 Å². The van der Waals surface area contributed by atoms with E-state index in [2.05, 4.69) is 5.32 Å². The summed E-state index contributed by atoms with van der Waals surface area (Å²) in [5.74, 6) is -1.00. The Morgan fingerprint density at radius 1 is 1.58 bits per heavy atom. The summed E-state index contributed by atoms with van der Waals surface area (Å²) in [5, 5.41) is 22.8. The van der Waals surface area contributed by atoms with Gasteiger partial charge in [-0.3, -0.25) is 14.9 Å². The van der Waals surface area contributed by atoms with Gasteiger partial charge in [-0.25, -0.2) is 0 Å². The Hall–Kier alpha value is -2.19. The molecular weight excluding hydrogens is 254 g/mol. The highest BCUT2D eigenvalue weighted by Gasteiger charge is 2.39. The number of nitro benzene ring substituents is 1. The highest BCUT2D eigenvalue weighted by atomic mass is 16.6. The quantitative estimate of drug-likeness (QED) is 0.412. The highest BCUT2D eigenvalue weighted by molar-refractivity contribution is 6.01. The zero-order chi connectivity index (χ0) is 14.0. The number of phenolic OH excluding ortho intramolecular Hbond substituents is 1. The third kappa shape index (κ3) is 2.49. The lowest BCUT2D eigenvalue weighted by molar-refractivity contribution is -0.384. The van der Waals surface area contributed by atoms with Crippen LogP contribution < -0.4 is 11.1 Å². The number of nitrogens with two attached hydrogens (primary N) is 1. The fourth-order valence-corrected chi connectivity index (χ4v) is 1.81. The fourth-order valence-electron chi connectivity index (χ4n) is 1.81. The number of aromatic hydroxyl groups is 1.